The van der Waals surface area contributed by atoms with Gasteiger partial charge in [0.05, 0.1) is 17.1 Å². The van der Waals surface area contributed by atoms with E-state index in [4.69, 9.17) is 4.74 Å². The van der Waals surface area contributed by atoms with Crippen LogP contribution in [-0.4, -0.2) is 22.6 Å². The number of carboxylic acids is 1. The second-order valence-corrected chi connectivity index (χ2v) is 5.13. The number of carbonyl (C=O) groups is 1. The topological polar surface area (TPSA) is 89.7 Å². The lowest BCUT2D eigenvalue weighted by Gasteiger charge is -2.10. The van der Waals surface area contributed by atoms with Gasteiger partial charge in [0.25, 0.3) is 5.69 Å². The van der Waals surface area contributed by atoms with Crippen molar-refractivity contribution in [3.63, 3.8) is 0 Å². The van der Waals surface area contributed by atoms with E-state index in [1.165, 1.54) is 30.3 Å². The number of aliphatic carboxylic acids is 1. The zero-order chi connectivity index (χ0) is 17.7. The summed E-state index contributed by atoms with van der Waals surface area (Å²) in [5.74, 6) is -0.363. The molecule has 0 atom stereocenters. The van der Waals surface area contributed by atoms with Crippen molar-refractivity contribution in [3.05, 3.63) is 69.3 Å². The first kappa shape index (κ1) is 17.2. The molecule has 0 amide bonds. The van der Waals surface area contributed by atoms with Gasteiger partial charge in [-0.15, -0.1) is 0 Å². The molecule has 2 rings (SSSR count). The molecule has 0 radical (unpaired) electrons. The van der Waals surface area contributed by atoms with Gasteiger partial charge < -0.3 is 9.84 Å². The first-order valence-corrected chi connectivity index (χ1v) is 7.35. The minimum Gasteiger partial charge on any atom is -0.494 e. The molecule has 0 heterocycles. The predicted octanol–water partition coefficient (Wildman–Crippen LogP) is 3.93. The number of aryl methyl sites for hydroxylation is 1. The van der Waals surface area contributed by atoms with Crippen LogP contribution in [0.3, 0.4) is 0 Å². The van der Waals surface area contributed by atoms with Crippen molar-refractivity contribution in [2.75, 3.05) is 6.61 Å². The summed E-state index contributed by atoms with van der Waals surface area (Å²) in [6.45, 7) is 4.26. The van der Waals surface area contributed by atoms with Crippen LogP contribution in [0.4, 0.5) is 5.69 Å². The Bertz CT molecular complexity index is 794. The molecule has 0 spiro atoms. The van der Waals surface area contributed by atoms with Crippen molar-refractivity contribution in [2.45, 2.75) is 13.8 Å². The Labute approximate surface area is 139 Å². The lowest BCUT2D eigenvalue weighted by atomic mass is 10.0. The quantitative estimate of drug-likeness (QED) is 0.376. The predicted molar refractivity (Wildman–Crippen MR) is 91.0 cm³/mol. The van der Waals surface area contributed by atoms with Crippen molar-refractivity contribution in [1.82, 2.24) is 0 Å². The number of hydrogen-bond donors (Lipinski definition) is 1. The second kappa shape index (κ2) is 7.41. The highest BCUT2D eigenvalue weighted by Gasteiger charge is 2.13. The van der Waals surface area contributed by atoms with Gasteiger partial charge in [0, 0.05) is 12.1 Å². The van der Waals surface area contributed by atoms with Gasteiger partial charge in [-0.05, 0) is 60.9 Å². The minimum atomic E-state index is -1.07. The monoisotopic (exact) mass is 327 g/mol. The van der Waals surface area contributed by atoms with Gasteiger partial charge in [0.2, 0.25) is 0 Å². The number of hydrogen-bond acceptors (Lipinski definition) is 4. The van der Waals surface area contributed by atoms with Crippen LogP contribution in [0.15, 0.2) is 42.5 Å². The average molecular weight is 327 g/mol. The van der Waals surface area contributed by atoms with Gasteiger partial charge >= 0.3 is 5.97 Å². The van der Waals surface area contributed by atoms with E-state index in [1.54, 1.807) is 18.2 Å². The van der Waals surface area contributed by atoms with Crippen molar-refractivity contribution < 1.29 is 19.6 Å². The first-order chi connectivity index (χ1) is 11.4. The minimum absolute atomic E-state index is 0.0408. The van der Waals surface area contributed by atoms with E-state index in [0.29, 0.717) is 23.5 Å². The molecule has 0 saturated carbocycles. The largest absolute Gasteiger partial charge is 0.494 e. The van der Waals surface area contributed by atoms with Gasteiger partial charge in [-0.3, -0.25) is 10.1 Å². The number of benzene rings is 2. The van der Waals surface area contributed by atoms with Crippen LogP contribution in [-0.2, 0) is 4.79 Å². The Morgan fingerprint density at radius 2 is 1.92 bits per heavy atom. The second-order valence-electron chi connectivity index (χ2n) is 5.13. The molecule has 2 aromatic rings. The number of rotatable bonds is 6. The van der Waals surface area contributed by atoms with Crippen LogP contribution < -0.4 is 4.74 Å². The molecular formula is C18H17NO5. The number of nitrogens with zero attached hydrogens (tertiary/aromatic N) is 1. The Kier molecular flexibility index (Phi) is 5.31. The maximum Gasteiger partial charge on any atom is 0.336 e. The first-order valence-electron chi connectivity index (χ1n) is 7.35. The molecule has 1 N–H and O–H groups in total. The number of nitro benzene ring substituents is 1. The molecule has 24 heavy (non-hydrogen) atoms. The zero-order valence-electron chi connectivity index (χ0n) is 13.4. The van der Waals surface area contributed by atoms with Gasteiger partial charge in [-0.25, -0.2) is 4.79 Å². The lowest BCUT2D eigenvalue weighted by molar-refractivity contribution is -0.384. The van der Waals surface area contributed by atoms with Gasteiger partial charge in [-0.2, -0.15) is 0 Å². The Hall–Kier alpha value is -3.15. The summed E-state index contributed by atoms with van der Waals surface area (Å²) in [6.07, 6.45) is 1.49. The molecule has 0 aliphatic carbocycles. The van der Waals surface area contributed by atoms with Crippen LogP contribution in [0.25, 0.3) is 11.6 Å². The van der Waals surface area contributed by atoms with Crippen LogP contribution >= 0.6 is 0 Å². The van der Waals surface area contributed by atoms with E-state index in [2.05, 4.69) is 0 Å². The highest BCUT2D eigenvalue weighted by atomic mass is 16.6. The summed E-state index contributed by atoms with van der Waals surface area (Å²) in [7, 11) is 0. The molecule has 0 saturated heterocycles. The molecule has 2 aromatic carbocycles. The SMILES string of the molecule is CCOc1ccc(/C(=C/c2ccc([N+](=O)[O-])cc2)C(=O)O)cc1C. The highest BCUT2D eigenvalue weighted by Crippen LogP contribution is 2.26. The summed E-state index contributed by atoms with van der Waals surface area (Å²) >= 11 is 0. The summed E-state index contributed by atoms with van der Waals surface area (Å²) < 4.78 is 5.45. The van der Waals surface area contributed by atoms with Crippen molar-refractivity contribution >= 4 is 23.3 Å². The summed E-state index contributed by atoms with van der Waals surface area (Å²) in [4.78, 5) is 21.8. The Morgan fingerprint density at radius 1 is 1.25 bits per heavy atom. The van der Waals surface area contributed by atoms with E-state index in [9.17, 15) is 20.0 Å². The zero-order valence-corrected chi connectivity index (χ0v) is 13.4. The maximum absolute atomic E-state index is 11.6. The van der Waals surface area contributed by atoms with Gasteiger partial charge in [-0.1, -0.05) is 6.07 Å². The fourth-order valence-corrected chi connectivity index (χ4v) is 2.26. The van der Waals surface area contributed by atoms with Gasteiger partial charge in [0.1, 0.15) is 5.75 Å². The fraction of sp³-hybridized carbons (Fsp3) is 0.167. The van der Waals surface area contributed by atoms with Crippen LogP contribution in [0.5, 0.6) is 5.75 Å². The molecule has 0 aromatic heterocycles. The third-order valence-electron chi connectivity index (χ3n) is 3.43. The average Bonchev–Trinajstić information content (AvgIpc) is 2.55. The molecular weight excluding hydrogens is 310 g/mol. The molecule has 6 heteroatoms. The van der Waals surface area contributed by atoms with E-state index in [1.807, 2.05) is 13.8 Å². The number of ether oxygens (including phenoxy) is 1. The molecule has 0 aliphatic rings. The molecule has 0 unspecified atom stereocenters. The van der Waals surface area contributed by atoms with Crippen LogP contribution in [0, 0.1) is 17.0 Å². The van der Waals surface area contributed by atoms with Crippen molar-refractivity contribution in [2.24, 2.45) is 0 Å². The number of carboxylic acid groups (broad SMARTS) is 1. The number of non-ortho nitro benzene ring substituents is 1. The molecule has 124 valence electrons. The third-order valence-corrected chi connectivity index (χ3v) is 3.43. The smallest absolute Gasteiger partial charge is 0.336 e. The van der Waals surface area contributed by atoms with Crippen LogP contribution in [0.1, 0.15) is 23.6 Å². The number of nitro groups is 1. The molecule has 6 nitrogen and oxygen atoms in total. The van der Waals surface area contributed by atoms with E-state index in [-0.39, 0.29) is 11.3 Å². The maximum atomic E-state index is 11.6. The molecule has 0 aliphatic heterocycles. The van der Waals surface area contributed by atoms with Gasteiger partial charge in [0.15, 0.2) is 0 Å². The summed E-state index contributed by atoms with van der Waals surface area (Å²) in [5, 5.41) is 20.2. The third kappa shape index (κ3) is 3.98. The molecule has 0 fully saturated rings. The van der Waals surface area contributed by atoms with E-state index < -0.39 is 10.9 Å². The van der Waals surface area contributed by atoms with Crippen LogP contribution in [0.2, 0.25) is 0 Å². The van der Waals surface area contributed by atoms with Crippen molar-refractivity contribution in [3.8, 4) is 5.75 Å². The lowest BCUT2D eigenvalue weighted by Crippen LogP contribution is -2.01. The van der Waals surface area contributed by atoms with E-state index >= 15 is 0 Å². The Balaban J connectivity index is 2.40. The highest BCUT2D eigenvalue weighted by molar-refractivity contribution is 6.20. The summed E-state index contributed by atoms with van der Waals surface area (Å²) in [6, 6.07) is 10.9. The standard InChI is InChI=1S/C18H17NO5/c1-3-24-17-9-6-14(10-12(17)2)16(18(20)21)11-13-4-7-15(8-5-13)19(22)23/h4-11H,3H2,1-2H3,(H,20,21)/b16-11-. The molecule has 0 bridgehead atoms. The van der Waals surface area contributed by atoms with E-state index in [0.717, 1.165) is 5.56 Å². The summed E-state index contributed by atoms with van der Waals surface area (Å²) in [5.41, 5.74) is 2.02. The normalized spacial score (nSPS) is 11.2. The fourth-order valence-electron chi connectivity index (χ4n) is 2.26. The Morgan fingerprint density at radius 3 is 2.42 bits per heavy atom. The van der Waals surface area contributed by atoms with Crippen molar-refractivity contribution in [1.29, 1.82) is 0 Å².